The second-order valence-corrected chi connectivity index (χ2v) is 6.37. The fourth-order valence-electron chi connectivity index (χ4n) is 2.49. The van der Waals surface area contributed by atoms with E-state index in [0.29, 0.717) is 23.1 Å². The van der Waals surface area contributed by atoms with Gasteiger partial charge in [0.25, 0.3) is 5.56 Å². The van der Waals surface area contributed by atoms with Gasteiger partial charge >= 0.3 is 5.97 Å². The third-order valence-corrected chi connectivity index (χ3v) is 4.29. The molecule has 0 radical (unpaired) electrons. The zero-order valence-electron chi connectivity index (χ0n) is 14.1. The maximum Gasteiger partial charge on any atom is 0.359 e. The van der Waals surface area contributed by atoms with Gasteiger partial charge in [-0.15, -0.1) is 0 Å². The highest BCUT2D eigenvalue weighted by molar-refractivity contribution is 9.10. The standard InChI is InChI=1S/C19H17BrN2O4/c1-2-22-18(23)16-6-4-3-5-15(16)17(21-22)19(24)26-12-11-25-14-9-7-13(20)8-10-14/h3-10H,2,11-12H2,1H3. The maximum absolute atomic E-state index is 12.4. The van der Waals surface area contributed by atoms with E-state index in [2.05, 4.69) is 21.0 Å². The van der Waals surface area contributed by atoms with Crippen molar-refractivity contribution in [2.45, 2.75) is 13.5 Å². The molecule has 0 fully saturated rings. The molecule has 0 bridgehead atoms. The van der Waals surface area contributed by atoms with Crippen molar-refractivity contribution in [3.05, 3.63) is 69.1 Å². The van der Waals surface area contributed by atoms with E-state index in [-0.39, 0.29) is 24.5 Å². The van der Waals surface area contributed by atoms with Crippen molar-refractivity contribution in [1.82, 2.24) is 9.78 Å². The molecule has 7 heteroatoms. The molecule has 0 N–H and O–H groups in total. The number of fused-ring (bicyclic) bond motifs is 1. The molecule has 1 heterocycles. The summed E-state index contributed by atoms with van der Waals surface area (Å²) in [5.41, 5.74) is -0.0936. The van der Waals surface area contributed by atoms with Gasteiger partial charge in [-0.05, 0) is 37.3 Å². The van der Waals surface area contributed by atoms with Crippen LogP contribution in [0.4, 0.5) is 0 Å². The maximum atomic E-state index is 12.4. The smallest absolute Gasteiger partial charge is 0.359 e. The van der Waals surface area contributed by atoms with Crippen LogP contribution in [-0.2, 0) is 11.3 Å². The monoisotopic (exact) mass is 416 g/mol. The summed E-state index contributed by atoms with van der Waals surface area (Å²) in [6.45, 7) is 2.47. The molecule has 1 aromatic heterocycles. The lowest BCUT2D eigenvalue weighted by atomic mass is 10.1. The number of esters is 1. The van der Waals surface area contributed by atoms with Crippen LogP contribution in [0.1, 0.15) is 17.4 Å². The lowest BCUT2D eigenvalue weighted by molar-refractivity contribution is 0.0443. The number of ether oxygens (including phenoxy) is 2. The quantitative estimate of drug-likeness (QED) is 0.454. The van der Waals surface area contributed by atoms with Gasteiger partial charge < -0.3 is 9.47 Å². The lowest BCUT2D eigenvalue weighted by Gasteiger charge is -2.10. The van der Waals surface area contributed by atoms with E-state index in [1.807, 2.05) is 24.3 Å². The Morgan fingerprint density at radius 1 is 1.08 bits per heavy atom. The number of nitrogens with zero attached hydrogens (tertiary/aromatic N) is 2. The highest BCUT2D eigenvalue weighted by atomic mass is 79.9. The number of hydrogen-bond acceptors (Lipinski definition) is 5. The molecule has 0 aliphatic carbocycles. The van der Waals surface area contributed by atoms with Crippen LogP contribution in [0.2, 0.25) is 0 Å². The summed E-state index contributed by atoms with van der Waals surface area (Å²) in [7, 11) is 0. The van der Waals surface area contributed by atoms with Gasteiger partial charge in [0.15, 0.2) is 5.69 Å². The van der Waals surface area contributed by atoms with Crippen LogP contribution in [0.3, 0.4) is 0 Å². The van der Waals surface area contributed by atoms with E-state index in [4.69, 9.17) is 9.47 Å². The Bertz CT molecular complexity index is 983. The average molecular weight is 417 g/mol. The summed E-state index contributed by atoms with van der Waals surface area (Å²) < 4.78 is 13.0. The molecule has 3 rings (SSSR count). The van der Waals surface area contributed by atoms with Gasteiger partial charge in [-0.1, -0.05) is 34.1 Å². The number of benzene rings is 2. The average Bonchev–Trinajstić information content (AvgIpc) is 2.67. The van der Waals surface area contributed by atoms with Gasteiger partial charge in [0.1, 0.15) is 19.0 Å². The Balaban J connectivity index is 1.70. The highest BCUT2D eigenvalue weighted by Gasteiger charge is 2.17. The Labute approximate surface area is 158 Å². The molecule has 0 aliphatic heterocycles. The van der Waals surface area contributed by atoms with E-state index in [9.17, 15) is 9.59 Å². The Morgan fingerprint density at radius 2 is 1.77 bits per heavy atom. The van der Waals surface area contributed by atoms with Crippen molar-refractivity contribution < 1.29 is 14.3 Å². The predicted molar refractivity (Wildman–Crippen MR) is 102 cm³/mol. The van der Waals surface area contributed by atoms with Gasteiger partial charge in [0.05, 0.1) is 5.39 Å². The van der Waals surface area contributed by atoms with Crippen molar-refractivity contribution in [2.75, 3.05) is 13.2 Å². The second kappa shape index (κ2) is 8.14. The van der Waals surface area contributed by atoms with E-state index >= 15 is 0 Å². The first-order chi connectivity index (χ1) is 12.6. The Kier molecular flexibility index (Phi) is 5.68. The van der Waals surface area contributed by atoms with Gasteiger partial charge in [0, 0.05) is 16.4 Å². The van der Waals surface area contributed by atoms with Crippen molar-refractivity contribution in [1.29, 1.82) is 0 Å². The van der Waals surface area contributed by atoms with Crippen LogP contribution in [0.15, 0.2) is 57.8 Å². The van der Waals surface area contributed by atoms with Crippen molar-refractivity contribution in [3.63, 3.8) is 0 Å². The zero-order valence-corrected chi connectivity index (χ0v) is 15.7. The molecule has 6 nitrogen and oxygen atoms in total. The molecule has 0 saturated heterocycles. The third kappa shape index (κ3) is 3.94. The Hall–Kier alpha value is -2.67. The Morgan fingerprint density at radius 3 is 2.46 bits per heavy atom. The third-order valence-electron chi connectivity index (χ3n) is 3.76. The number of halogens is 1. The number of carbonyl (C=O) groups is 1. The van der Waals surface area contributed by atoms with Crippen LogP contribution in [0.25, 0.3) is 10.8 Å². The molecule has 26 heavy (non-hydrogen) atoms. The first kappa shape index (κ1) is 18.1. The number of aromatic nitrogens is 2. The van der Waals surface area contributed by atoms with Crippen molar-refractivity contribution in [3.8, 4) is 5.75 Å². The number of rotatable bonds is 6. The summed E-state index contributed by atoms with van der Waals surface area (Å²) in [6, 6.07) is 14.3. The molecule has 0 unspecified atom stereocenters. The molecule has 2 aromatic carbocycles. The van der Waals surface area contributed by atoms with Crippen molar-refractivity contribution in [2.24, 2.45) is 0 Å². The highest BCUT2D eigenvalue weighted by Crippen LogP contribution is 2.16. The second-order valence-electron chi connectivity index (χ2n) is 5.45. The minimum absolute atomic E-state index is 0.0795. The van der Waals surface area contributed by atoms with Crippen LogP contribution in [0.5, 0.6) is 5.75 Å². The first-order valence-electron chi connectivity index (χ1n) is 8.15. The molecule has 0 saturated carbocycles. The van der Waals surface area contributed by atoms with E-state index < -0.39 is 5.97 Å². The number of carbonyl (C=O) groups excluding carboxylic acids is 1. The number of aryl methyl sites for hydroxylation is 1. The summed E-state index contributed by atoms with van der Waals surface area (Å²) in [6.07, 6.45) is 0. The first-order valence-corrected chi connectivity index (χ1v) is 8.95. The van der Waals surface area contributed by atoms with Gasteiger partial charge in [-0.25, -0.2) is 9.48 Å². The van der Waals surface area contributed by atoms with E-state index in [0.717, 1.165) is 4.47 Å². The topological polar surface area (TPSA) is 70.4 Å². The normalized spacial score (nSPS) is 10.7. The minimum Gasteiger partial charge on any atom is -0.490 e. The molecule has 0 amide bonds. The largest absolute Gasteiger partial charge is 0.490 e. The molecular weight excluding hydrogens is 400 g/mol. The predicted octanol–water partition coefficient (Wildman–Crippen LogP) is 3.41. The SMILES string of the molecule is CCn1nc(C(=O)OCCOc2ccc(Br)cc2)c2ccccc2c1=O. The van der Waals surface area contributed by atoms with E-state index in [1.165, 1.54) is 4.68 Å². The zero-order chi connectivity index (χ0) is 18.5. The van der Waals surface area contributed by atoms with E-state index in [1.54, 1.807) is 31.2 Å². The summed E-state index contributed by atoms with van der Waals surface area (Å²) in [5, 5.41) is 5.08. The van der Waals surface area contributed by atoms with Crippen molar-refractivity contribution >= 4 is 32.7 Å². The van der Waals surface area contributed by atoms with Crippen LogP contribution < -0.4 is 10.3 Å². The fraction of sp³-hybridized carbons (Fsp3) is 0.211. The summed E-state index contributed by atoms with van der Waals surface area (Å²) in [5.74, 6) is 0.107. The minimum atomic E-state index is -0.581. The molecule has 3 aromatic rings. The van der Waals surface area contributed by atoms with Gasteiger partial charge in [-0.2, -0.15) is 5.10 Å². The van der Waals surface area contributed by atoms with Crippen LogP contribution >= 0.6 is 15.9 Å². The van der Waals surface area contributed by atoms with Crippen LogP contribution in [0, 0.1) is 0 Å². The van der Waals surface area contributed by atoms with Gasteiger partial charge in [0.2, 0.25) is 0 Å². The molecule has 0 spiro atoms. The molecule has 0 atom stereocenters. The summed E-state index contributed by atoms with van der Waals surface area (Å²) in [4.78, 5) is 24.7. The summed E-state index contributed by atoms with van der Waals surface area (Å²) >= 11 is 3.35. The molecule has 0 aliphatic rings. The molecular formula is C19H17BrN2O4. The van der Waals surface area contributed by atoms with Gasteiger partial charge in [-0.3, -0.25) is 4.79 Å². The molecule has 134 valence electrons. The number of hydrogen-bond donors (Lipinski definition) is 0. The fourth-order valence-corrected chi connectivity index (χ4v) is 2.76. The lowest BCUT2D eigenvalue weighted by Crippen LogP contribution is -2.26. The van der Waals surface area contributed by atoms with Crippen LogP contribution in [-0.4, -0.2) is 29.0 Å².